The first-order valence-corrected chi connectivity index (χ1v) is 9.97. The minimum absolute atomic E-state index is 0.249. The van der Waals surface area contributed by atoms with Gasteiger partial charge in [0.2, 0.25) is 0 Å². The van der Waals surface area contributed by atoms with E-state index in [9.17, 15) is 4.79 Å². The summed E-state index contributed by atoms with van der Waals surface area (Å²) in [4.78, 5) is 16.7. The van der Waals surface area contributed by atoms with E-state index in [4.69, 9.17) is 16.3 Å². The lowest BCUT2D eigenvalue weighted by atomic mass is 10.1. The van der Waals surface area contributed by atoms with Crippen molar-refractivity contribution in [1.82, 2.24) is 9.80 Å². The molecule has 0 aromatic heterocycles. The van der Waals surface area contributed by atoms with Crippen molar-refractivity contribution >= 4 is 17.6 Å². The topological polar surface area (TPSA) is 32.8 Å². The van der Waals surface area contributed by atoms with Gasteiger partial charge in [-0.2, -0.15) is 0 Å². The molecule has 1 heterocycles. The van der Waals surface area contributed by atoms with E-state index < -0.39 is 0 Å². The summed E-state index contributed by atoms with van der Waals surface area (Å²) in [6.45, 7) is 8.62. The van der Waals surface area contributed by atoms with E-state index in [2.05, 4.69) is 21.9 Å². The van der Waals surface area contributed by atoms with Crippen molar-refractivity contribution in [3.05, 3.63) is 70.2 Å². The molecule has 27 heavy (non-hydrogen) atoms. The lowest BCUT2D eigenvalue weighted by Gasteiger charge is -2.34. The molecule has 1 aliphatic heterocycles. The van der Waals surface area contributed by atoms with Gasteiger partial charge in [0.05, 0.1) is 12.2 Å². The molecule has 0 aliphatic carbocycles. The number of rotatable bonds is 7. The molecule has 0 saturated carbocycles. The molecule has 1 fully saturated rings. The first-order chi connectivity index (χ1) is 13.1. The average Bonchev–Trinajstić information content (AvgIpc) is 2.70. The Morgan fingerprint density at radius 2 is 1.52 bits per heavy atom. The average molecular weight is 387 g/mol. The molecule has 144 valence electrons. The Morgan fingerprint density at radius 3 is 2.15 bits per heavy atom. The van der Waals surface area contributed by atoms with Crippen LogP contribution in [0.4, 0.5) is 0 Å². The zero-order valence-electron chi connectivity index (χ0n) is 15.9. The maximum absolute atomic E-state index is 11.7. The largest absolute Gasteiger partial charge is 0.462 e. The van der Waals surface area contributed by atoms with E-state index in [1.165, 1.54) is 11.1 Å². The summed E-state index contributed by atoms with van der Waals surface area (Å²) < 4.78 is 5.02. The predicted molar refractivity (Wildman–Crippen MR) is 109 cm³/mol. The van der Waals surface area contributed by atoms with Crippen LogP contribution in [0.15, 0.2) is 48.5 Å². The standard InChI is InChI=1S/C22H27ClN2O2/c1-2-27-22(26)20-7-3-18(4-8-20)11-12-24-13-15-25(16-14-24)17-19-5-9-21(23)10-6-19/h3-10H,2,11-17H2,1H3. The smallest absolute Gasteiger partial charge is 0.338 e. The number of carbonyl (C=O) groups is 1. The molecule has 1 aliphatic rings. The fraction of sp³-hybridized carbons (Fsp3) is 0.409. The molecule has 0 radical (unpaired) electrons. The van der Waals surface area contributed by atoms with Gasteiger partial charge in [0.15, 0.2) is 0 Å². The SMILES string of the molecule is CCOC(=O)c1ccc(CCN2CCN(Cc3ccc(Cl)cc3)CC2)cc1. The summed E-state index contributed by atoms with van der Waals surface area (Å²) in [5, 5.41) is 0.791. The first-order valence-electron chi connectivity index (χ1n) is 9.59. The van der Waals surface area contributed by atoms with Crippen LogP contribution in [0.1, 0.15) is 28.4 Å². The van der Waals surface area contributed by atoms with Crippen molar-refractivity contribution in [2.45, 2.75) is 19.9 Å². The number of carbonyl (C=O) groups excluding carboxylic acids is 1. The second-order valence-electron chi connectivity index (χ2n) is 6.91. The van der Waals surface area contributed by atoms with E-state index in [0.717, 1.165) is 50.7 Å². The maximum Gasteiger partial charge on any atom is 0.338 e. The third kappa shape index (κ3) is 6.06. The molecule has 0 amide bonds. The van der Waals surface area contributed by atoms with Gasteiger partial charge < -0.3 is 9.64 Å². The van der Waals surface area contributed by atoms with Crippen molar-refractivity contribution < 1.29 is 9.53 Å². The third-order valence-electron chi connectivity index (χ3n) is 4.97. The number of hydrogen-bond acceptors (Lipinski definition) is 4. The van der Waals surface area contributed by atoms with Crippen LogP contribution in [0.5, 0.6) is 0 Å². The number of halogens is 1. The number of hydrogen-bond donors (Lipinski definition) is 0. The monoisotopic (exact) mass is 386 g/mol. The van der Waals surface area contributed by atoms with Gasteiger partial charge in [0.1, 0.15) is 0 Å². The summed E-state index contributed by atoms with van der Waals surface area (Å²) in [5.74, 6) is -0.249. The van der Waals surface area contributed by atoms with E-state index in [1.54, 1.807) is 0 Å². The minimum atomic E-state index is -0.249. The molecule has 3 rings (SSSR count). The number of nitrogens with zero attached hydrogens (tertiary/aromatic N) is 2. The molecule has 1 saturated heterocycles. The third-order valence-corrected chi connectivity index (χ3v) is 5.22. The number of benzene rings is 2. The maximum atomic E-state index is 11.7. The van der Waals surface area contributed by atoms with Gasteiger partial charge in [0.25, 0.3) is 0 Å². The highest BCUT2D eigenvalue weighted by Gasteiger charge is 2.16. The molecule has 4 nitrogen and oxygen atoms in total. The highest BCUT2D eigenvalue weighted by atomic mass is 35.5. The normalized spacial score (nSPS) is 15.6. The molecular weight excluding hydrogens is 360 g/mol. The molecular formula is C22H27ClN2O2. The molecule has 2 aromatic rings. The predicted octanol–water partition coefficient (Wildman–Crippen LogP) is 3.88. The highest BCUT2D eigenvalue weighted by molar-refractivity contribution is 6.30. The van der Waals surface area contributed by atoms with Crippen LogP contribution < -0.4 is 0 Å². The van der Waals surface area contributed by atoms with E-state index in [-0.39, 0.29) is 5.97 Å². The zero-order valence-corrected chi connectivity index (χ0v) is 16.6. The van der Waals surface area contributed by atoms with Crippen molar-refractivity contribution in [3.63, 3.8) is 0 Å². The van der Waals surface area contributed by atoms with Crippen LogP contribution >= 0.6 is 11.6 Å². The van der Waals surface area contributed by atoms with Crippen LogP contribution in [0.25, 0.3) is 0 Å². The summed E-state index contributed by atoms with van der Waals surface area (Å²) in [7, 11) is 0. The molecule has 0 atom stereocenters. The van der Waals surface area contributed by atoms with Crippen molar-refractivity contribution in [3.8, 4) is 0 Å². The first kappa shape index (κ1) is 19.9. The summed E-state index contributed by atoms with van der Waals surface area (Å²) in [6.07, 6.45) is 1.00. The molecule has 5 heteroatoms. The van der Waals surface area contributed by atoms with Gasteiger partial charge in [-0.15, -0.1) is 0 Å². The van der Waals surface area contributed by atoms with E-state index >= 15 is 0 Å². The Kier molecular flexibility index (Phi) is 7.27. The number of ether oxygens (including phenoxy) is 1. The summed E-state index contributed by atoms with van der Waals surface area (Å²) >= 11 is 5.95. The van der Waals surface area contributed by atoms with E-state index in [0.29, 0.717) is 12.2 Å². The minimum Gasteiger partial charge on any atom is -0.462 e. The quantitative estimate of drug-likeness (QED) is 0.676. The van der Waals surface area contributed by atoms with Gasteiger partial charge in [-0.25, -0.2) is 4.79 Å². The molecule has 0 spiro atoms. The van der Waals surface area contributed by atoms with Crippen LogP contribution in [-0.2, 0) is 17.7 Å². The molecule has 0 N–H and O–H groups in total. The Balaban J connectivity index is 1.40. The molecule has 0 unspecified atom stereocenters. The van der Waals surface area contributed by atoms with Gasteiger partial charge >= 0.3 is 5.97 Å². The fourth-order valence-electron chi connectivity index (χ4n) is 3.33. The van der Waals surface area contributed by atoms with Crippen LogP contribution in [0, 0.1) is 0 Å². The van der Waals surface area contributed by atoms with Crippen molar-refractivity contribution in [2.75, 3.05) is 39.3 Å². The Bertz CT molecular complexity index is 723. The summed E-state index contributed by atoms with van der Waals surface area (Å²) in [5.41, 5.74) is 3.19. The van der Waals surface area contributed by atoms with Gasteiger partial charge in [-0.3, -0.25) is 4.90 Å². The number of esters is 1. The van der Waals surface area contributed by atoms with Crippen molar-refractivity contribution in [2.24, 2.45) is 0 Å². The summed E-state index contributed by atoms with van der Waals surface area (Å²) in [6, 6.07) is 15.9. The fourth-order valence-corrected chi connectivity index (χ4v) is 3.45. The zero-order chi connectivity index (χ0) is 19.1. The van der Waals surface area contributed by atoms with Gasteiger partial charge in [-0.1, -0.05) is 35.9 Å². The lowest BCUT2D eigenvalue weighted by molar-refractivity contribution is 0.0526. The van der Waals surface area contributed by atoms with Gasteiger partial charge in [0, 0.05) is 44.3 Å². The number of piperazine rings is 1. The van der Waals surface area contributed by atoms with Gasteiger partial charge in [-0.05, 0) is 48.7 Å². The second kappa shape index (κ2) is 9.88. The molecule has 0 bridgehead atoms. The highest BCUT2D eigenvalue weighted by Crippen LogP contribution is 2.13. The van der Waals surface area contributed by atoms with E-state index in [1.807, 2.05) is 43.3 Å². The second-order valence-corrected chi connectivity index (χ2v) is 7.35. The Hall–Kier alpha value is -1.88. The lowest BCUT2D eigenvalue weighted by Crippen LogP contribution is -2.46. The van der Waals surface area contributed by atoms with Crippen molar-refractivity contribution in [1.29, 1.82) is 0 Å². The Labute approximate surface area is 166 Å². The van der Waals surface area contributed by atoms with Crippen LogP contribution in [-0.4, -0.2) is 55.1 Å². The van der Waals surface area contributed by atoms with Crippen LogP contribution in [0.2, 0.25) is 5.02 Å². The Morgan fingerprint density at radius 1 is 0.926 bits per heavy atom. The molecule has 2 aromatic carbocycles. The van der Waals surface area contributed by atoms with Crippen LogP contribution in [0.3, 0.4) is 0 Å².